The lowest BCUT2D eigenvalue weighted by Crippen LogP contribution is -2.41. The molecule has 5 nitrogen and oxygen atoms in total. The first kappa shape index (κ1) is 17.0. The van der Waals surface area contributed by atoms with Crippen LogP contribution in [0.1, 0.15) is 12.5 Å². The fourth-order valence-electron chi connectivity index (χ4n) is 1.85. The first-order valence-corrected chi connectivity index (χ1v) is 8.20. The van der Waals surface area contributed by atoms with Gasteiger partial charge in [0, 0.05) is 0 Å². The molecule has 0 radical (unpaired) electrons. The minimum atomic E-state index is -1.09. The van der Waals surface area contributed by atoms with Crippen LogP contribution in [0.15, 0.2) is 27.6 Å². The molecule has 0 unspecified atom stereocenters. The number of aliphatic carboxylic acids is 1. The molecule has 1 aliphatic rings. The summed E-state index contributed by atoms with van der Waals surface area (Å²) in [6.07, 6.45) is 1.68. The summed E-state index contributed by atoms with van der Waals surface area (Å²) in [6.45, 7) is 1.43. The van der Waals surface area contributed by atoms with Crippen LogP contribution in [0.25, 0.3) is 6.08 Å². The summed E-state index contributed by atoms with van der Waals surface area (Å²) in [5.74, 6) is -0.800. The van der Waals surface area contributed by atoms with E-state index in [1.165, 1.54) is 6.92 Å². The van der Waals surface area contributed by atoms with E-state index < -0.39 is 17.9 Å². The fourth-order valence-corrected chi connectivity index (χ4v) is 3.82. The number of methoxy groups -OCH3 is 1. The van der Waals surface area contributed by atoms with Crippen LogP contribution in [-0.2, 0) is 9.59 Å². The van der Waals surface area contributed by atoms with Crippen LogP contribution in [0, 0.1) is 0 Å². The molecule has 1 amide bonds. The first-order chi connectivity index (χ1) is 10.3. The molecule has 0 bridgehead atoms. The van der Waals surface area contributed by atoms with Crippen LogP contribution >= 0.6 is 39.9 Å². The highest BCUT2D eigenvalue weighted by molar-refractivity contribution is 9.10. The third kappa shape index (κ3) is 3.34. The number of amides is 1. The van der Waals surface area contributed by atoms with Gasteiger partial charge in [0.05, 0.1) is 16.5 Å². The van der Waals surface area contributed by atoms with Crippen molar-refractivity contribution in [1.82, 2.24) is 4.90 Å². The van der Waals surface area contributed by atoms with Crippen LogP contribution in [0.2, 0.25) is 0 Å². The van der Waals surface area contributed by atoms with Crippen LogP contribution in [0.5, 0.6) is 5.75 Å². The zero-order chi connectivity index (χ0) is 16.4. The number of hydrogen-bond donors (Lipinski definition) is 1. The third-order valence-corrected chi connectivity index (χ3v) is 4.99. The Balaban J connectivity index is 2.30. The van der Waals surface area contributed by atoms with E-state index in [0.717, 1.165) is 26.7 Å². The summed E-state index contributed by atoms with van der Waals surface area (Å²) in [4.78, 5) is 24.9. The highest BCUT2D eigenvalue weighted by Crippen LogP contribution is 2.35. The second-order valence-corrected chi connectivity index (χ2v) is 6.99. The maximum atomic E-state index is 12.3. The third-order valence-electron chi connectivity index (χ3n) is 3.04. The average Bonchev–Trinajstić information content (AvgIpc) is 2.73. The Hall–Kier alpha value is -1.38. The van der Waals surface area contributed by atoms with Gasteiger partial charge in [-0.2, -0.15) is 0 Å². The molecule has 1 saturated heterocycles. The molecule has 0 saturated carbocycles. The van der Waals surface area contributed by atoms with Gasteiger partial charge in [-0.05, 0) is 46.6 Å². The van der Waals surface area contributed by atoms with E-state index in [-0.39, 0.29) is 4.32 Å². The average molecular weight is 402 g/mol. The highest BCUT2D eigenvalue weighted by Gasteiger charge is 2.38. The Morgan fingerprint density at radius 1 is 1.55 bits per heavy atom. The second kappa shape index (κ2) is 6.80. The molecular weight excluding hydrogens is 390 g/mol. The summed E-state index contributed by atoms with van der Waals surface area (Å²) >= 11 is 9.58. The number of nitrogens with zero attached hydrogens (tertiary/aromatic N) is 1. The molecule has 116 valence electrons. The molecule has 0 aliphatic carbocycles. The van der Waals surface area contributed by atoms with Gasteiger partial charge >= 0.3 is 5.97 Å². The molecule has 0 aromatic heterocycles. The molecule has 22 heavy (non-hydrogen) atoms. The number of rotatable bonds is 4. The van der Waals surface area contributed by atoms with Crippen LogP contribution in [-0.4, -0.2) is 39.4 Å². The standard InChI is InChI=1S/C14H12BrNO4S2/c1-7(13(18)19)16-12(17)11(22-14(16)21)6-8-3-4-10(20-2)9(15)5-8/h3-7H,1-2H3,(H,18,19)/b11-6+/t7-/m0/s1. The Bertz CT molecular complexity index is 689. The summed E-state index contributed by atoms with van der Waals surface area (Å²) in [7, 11) is 1.57. The maximum Gasteiger partial charge on any atom is 0.326 e. The number of carbonyl (C=O) groups is 2. The van der Waals surface area contributed by atoms with Crippen molar-refractivity contribution in [1.29, 1.82) is 0 Å². The lowest BCUT2D eigenvalue weighted by molar-refractivity contribution is -0.144. The Morgan fingerprint density at radius 2 is 2.23 bits per heavy atom. The van der Waals surface area contributed by atoms with E-state index in [4.69, 9.17) is 22.1 Å². The Kier molecular flexibility index (Phi) is 5.25. The zero-order valence-electron chi connectivity index (χ0n) is 11.7. The summed E-state index contributed by atoms with van der Waals surface area (Å²) < 4.78 is 6.16. The second-order valence-electron chi connectivity index (χ2n) is 4.46. The lowest BCUT2D eigenvalue weighted by Gasteiger charge is -2.18. The zero-order valence-corrected chi connectivity index (χ0v) is 14.9. The number of thiocarbonyl (C=S) groups is 1. The van der Waals surface area contributed by atoms with Gasteiger partial charge in [-0.1, -0.05) is 30.0 Å². The van der Waals surface area contributed by atoms with Gasteiger partial charge in [0.2, 0.25) is 0 Å². The number of benzene rings is 1. The number of hydrogen-bond acceptors (Lipinski definition) is 5. The van der Waals surface area contributed by atoms with Crippen molar-refractivity contribution in [2.24, 2.45) is 0 Å². The molecule has 1 heterocycles. The minimum Gasteiger partial charge on any atom is -0.496 e. The summed E-state index contributed by atoms with van der Waals surface area (Å²) in [6, 6.07) is 4.40. The van der Waals surface area contributed by atoms with Crippen molar-refractivity contribution >= 4 is 62.2 Å². The van der Waals surface area contributed by atoms with Crippen molar-refractivity contribution in [2.75, 3.05) is 7.11 Å². The number of ether oxygens (including phenoxy) is 1. The number of thioether (sulfide) groups is 1. The molecule has 1 aromatic carbocycles. The summed E-state index contributed by atoms with van der Waals surface area (Å²) in [5, 5.41) is 9.05. The van der Waals surface area contributed by atoms with Crippen LogP contribution in [0.3, 0.4) is 0 Å². The van der Waals surface area contributed by atoms with Crippen LogP contribution < -0.4 is 4.74 Å². The minimum absolute atomic E-state index is 0.249. The smallest absolute Gasteiger partial charge is 0.326 e. The molecule has 1 atom stereocenters. The van der Waals surface area contributed by atoms with Crippen LogP contribution in [0.4, 0.5) is 0 Å². The largest absolute Gasteiger partial charge is 0.496 e. The number of carbonyl (C=O) groups excluding carboxylic acids is 1. The van der Waals surface area contributed by atoms with Crippen molar-refractivity contribution in [3.05, 3.63) is 33.1 Å². The SMILES string of the molecule is COc1ccc(/C=C2/SC(=S)N([C@@H](C)C(=O)O)C2=O)cc1Br. The first-order valence-electron chi connectivity index (χ1n) is 6.18. The van der Waals surface area contributed by atoms with Gasteiger partial charge in [-0.15, -0.1) is 0 Å². The molecule has 0 spiro atoms. The van der Waals surface area contributed by atoms with E-state index in [9.17, 15) is 9.59 Å². The molecule has 1 N–H and O–H groups in total. The number of halogens is 1. The monoisotopic (exact) mass is 401 g/mol. The van der Waals surface area contributed by atoms with E-state index in [2.05, 4.69) is 15.9 Å². The van der Waals surface area contributed by atoms with Crippen molar-refractivity contribution in [3.8, 4) is 5.75 Å². The van der Waals surface area contributed by atoms with Gasteiger partial charge < -0.3 is 9.84 Å². The normalized spacial score (nSPS) is 18.0. The van der Waals surface area contributed by atoms with E-state index >= 15 is 0 Å². The lowest BCUT2D eigenvalue weighted by atomic mass is 10.2. The topological polar surface area (TPSA) is 66.8 Å². The number of carboxylic acid groups (broad SMARTS) is 1. The van der Waals surface area contributed by atoms with Gasteiger partial charge in [-0.25, -0.2) is 4.79 Å². The quantitative estimate of drug-likeness (QED) is 0.617. The molecule has 1 aromatic rings. The summed E-state index contributed by atoms with van der Waals surface area (Å²) in [5.41, 5.74) is 0.788. The molecule has 2 rings (SSSR count). The highest BCUT2D eigenvalue weighted by atomic mass is 79.9. The number of carboxylic acids is 1. The molecule has 8 heteroatoms. The van der Waals surface area contributed by atoms with Gasteiger partial charge in [0.1, 0.15) is 16.1 Å². The van der Waals surface area contributed by atoms with Crippen molar-refractivity contribution in [2.45, 2.75) is 13.0 Å². The van der Waals surface area contributed by atoms with E-state index in [1.54, 1.807) is 25.3 Å². The van der Waals surface area contributed by atoms with Gasteiger partial charge in [0.15, 0.2) is 0 Å². The van der Waals surface area contributed by atoms with E-state index in [1.807, 2.05) is 6.07 Å². The predicted octanol–water partition coefficient (Wildman–Crippen LogP) is 3.13. The Labute approximate surface area is 145 Å². The molecule has 1 aliphatic heterocycles. The Morgan fingerprint density at radius 3 is 2.77 bits per heavy atom. The van der Waals surface area contributed by atoms with Crippen molar-refractivity contribution < 1.29 is 19.4 Å². The molecule has 1 fully saturated rings. The van der Waals surface area contributed by atoms with E-state index in [0.29, 0.717) is 10.7 Å². The van der Waals surface area contributed by atoms with Gasteiger partial charge in [-0.3, -0.25) is 9.69 Å². The molecular formula is C14H12BrNO4S2. The predicted molar refractivity (Wildman–Crippen MR) is 92.8 cm³/mol. The van der Waals surface area contributed by atoms with Crippen molar-refractivity contribution in [3.63, 3.8) is 0 Å². The maximum absolute atomic E-state index is 12.3. The fraction of sp³-hybridized carbons (Fsp3) is 0.214. The van der Waals surface area contributed by atoms with Gasteiger partial charge in [0.25, 0.3) is 5.91 Å².